The molecule has 0 aliphatic carbocycles. The number of rotatable bonds is 4. The Labute approximate surface area is 92.3 Å². The van der Waals surface area contributed by atoms with Crippen molar-refractivity contribution in [2.24, 2.45) is 0 Å². The topological polar surface area (TPSA) is 63.7 Å². The maximum atomic E-state index is 11.2. The smallest absolute Gasteiger partial charge is 0.330 e. The molecule has 0 N–H and O–H groups in total. The zero-order chi connectivity index (χ0) is 11.4. The minimum atomic E-state index is -0.609. The Morgan fingerprint density at radius 2 is 1.87 bits per heavy atom. The summed E-state index contributed by atoms with van der Waals surface area (Å²) in [5, 5.41) is 0.543. The van der Waals surface area contributed by atoms with Crippen molar-refractivity contribution in [1.82, 2.24) is 5.06 Å². The second-order valence-electron chi connectivity index (χ2n) is 3.25. The largest absolute Gasteiger partial charge is 0.333 e. The average molecular weight is 229 g/mol. The van der Waals surface area contributed by atoms with Gasteiger partial charge in [0.2, 0.25) is 0 Å². The lowest BCUT2D eigenvalue weighted by Gasteiger charge is -2.12. The van der Waals surface area contributed by atoms with Crippen molar-refractivity contribution in [2.75, 3.05) is 0 Å². The summed E-state index contributed by atoms with van der Waals surface area (Å²) in [5.74, 6) is -1.54. The fraction of sp³-hybridized carbons (Fsp3) is 0.556. The summed E-state index contributed by atoms with van der Waals surface area (Å²) in [5.41, 5.74) is 0. The number of hydroxylamine groups is 2. The minimum absolute atomic E-state index is 0.0897. The van der Waals surface area contributed by atoms with Crippen molar-refractivity contribution >= 4 is 34.9 Å². The summed E-state index contributed by atoms with van der Waals surface area (Å²) in [6.45, 7) is 1.72. The molecule has 1 rings (SSSR count). The van der Waals surface area contributed by atoms with Gasteiger partial charge in [0.15, 0.2) is 0 Å². The third-order valence-corrected chi connectivity index (χ3v) is 2.08. The maximum absolute atomic E-state index is 11.2. The van der Waals surface area contributed by atoms with Gasteiger partial charge in [0.1, 0.15) is 0 Å². The highest BCUT2D eigenvalue weighted by atomic mass is 32.1. The van der Waals surface area contributed by atoms with Crippen molar-refractivity contribution in [3.8, 4) is 0 Å². The number of imide groups is 1. The molecule has 0 radical (unpaired) electrons. The molecule has 0 aromatic heterocycles. The first-order chi connectivity index (χ1) is 7.00. The Morgan fingerprint density at radius 1 is 1.33 bits per heavy atom. The van der Waals surface area contributed by atoms with E-state index in [1.807, 2.05) is 0 Å². The van der Waals surface area contributed by atoms with Crippen LogP contribution in [0.25, 0.3) is 0 Å². The summed E-state index contributed by atoms with van der Waals surface area (Å²) in [6.07, 6.45) is 0.730. The zero-order valence-corrected chi connectivity index (χ0v) is 9.13. The molecular formula is C9H11NO4S. The van der Waals surface area contributed by atoms with Crippen LogP contribution in [0.5, 0.6) is 0 Å². The number of thiocarbonyl (C=S) groups is 1. The quantitative estimate of drug-likeness (QED) is 0.526. The first kappa shape index (κ1) is 11.8. The number of hydrogen-bond acceptors (Lipinski definition) is 5. The molecule has 82 valence electrons. The van der Waals surface area contributed by atoms with Crippen molar-refractivity contribution in [2.45, 2.75) is 32.6 Å². The van der Waals surface area contributed by atoms with Crippen LogP contribution in [-0.4, -0.2) is 27.7 Å². The third kappa shape index (κ3) is 3.39. The van der Waals surface area contributed by atoms with Crippen LogP contribution in [-0.2, 0) is 19.2 Å². The normalized spacial score (nSPS) is 15.7. The average Bonchev–Trinajstić information content (AvgIpc) is 2.46. The van der Waals surface area contributed by atoms with E-state index in [0.29, 0.717) is 16.3 Å². The molecule has 6 heteroatoms. The number of amides is 2. The fourth-order valence-electron chi connectivity index (χ4n) is 1.08. The molecule has 1 fully saturated rings. The van der Waals surface area contributed by atoms with E-state index < -0.39 is 17.8 Å². The molecule has 0 bridgehead atoms. The highest BCUT2D eigenvalue weighted by molar-refractivity contribution is 7.80. The van der Waals surface area contributed by atoms with Crippen LogP contribution >= 0.6 is 12.2 Å². The van der Waals surface area contributed by atoms with E-state index in [2.05, 4.69) is 4.84 Å². The van der Waals surface area contributed by atoms with E-state index >= 15 is 0 Å². The molecular weight excluding hydrogens is 218 g/mol. The summed E-state index contributed by atoms with van der Waals surface area (Å²) in [7, 11) is 0. The molecule has 0 unspecified atom stereocenters. The molecule has 0 spiro atoms. The molecule has 0 atom stereocenters. The Hall–Kier alpha value is -1.30. The summed E-state index contributed by atoms with van der Waals surface area (Å²) < 4.78 is 0. The monoisotopic (exact) mass is 229 g/mol. The van der Waals surface area contributed by atoms with Gasteiger partial charge in [-0.15, -0.1) is 5.06 Å². The molecule has 15 heavy (non-hydrogen) atoms. The van der Waals surface area contributed by atoms with Crippen molar-refractivity contribution in [3.05, 3.63) is 0 Å². The second kappa shape index (κ2) is 4.97. The molecule has 1 saturated heterocycles. The van der Waals surface area contributed by atoms with Gasteiger partial charge in [-0.25, -0.2) is 4.79 Å². The lowest BCUT2D eigenvalue weighted by molar-refractivity contribution is -0.197. The van der Waals surface area contributed by atoms with Crippen molar-refractivity contribution in [3.63, 3.8) is 0 Å². The molecule has 2 amide bonds. The minimum Gasteiger partial charge on any atom is -0.330 e. The van der Waals surface area contributed by atoms with Crippen molar-refractivity contribution in [1.29, 1.82) is 0 Å². The Morgan fingerprint density at radius 3 is 2.33 bits per heavy atom. The van der Waals surface area contributed by atoms with E-state index in [4.69, 9.17) is 12.2 Å². The third-order valence-electron chi connectivity index (χ3n) is 1.88. The number of nitrogens with zero attached hydrogens (tertiary/aromatic N) is 1. The lowest BCUT2D eigenvalue weighted by Crippen LogP contribution is -2.32. The Bertz CT molecular complexity index is 310. The van der Waals surface area contributed by atoms with E-state index in [1.54, 1.807) is 6.92 Å². The predicted octanol–water partition coefficient (Wildman–Crippen LogP) is 0.764. The zero-order valence-electron chi connectivity index (χ0n) is 8.32. The van der Waals surface area contributed by atoms with Crippen LogP contribution in [0.3, 0.4) is 0 Å². The van der Waals surface area contributed by atoms with E-state index in [9.17, 15) is 14.4 Å². The second-order valence-corrected chi connectivity index (χ2v) is 3.94. The Kier molecular flexibility index (Phi) is 3.90. The first-order valence-corrected chi connectivity index (χ1v) is 4.97. The highest BCUT2D eigenvalue weighted by Crippen LogP contribution is 2.12. The molecule has 1 aliphatic rings. The van der Waals surface area contributed by atoms with Crippen LogP contribution in [0.2, 0.25) is 0 Å². The van der Waals surface area contributed by atoms with Gasteiger partial charge in [0, 0.05) is 12.8 Å². The summed E-state index contributed by atoms with van der Waals surface area (Å²) in [4.78, 5) is 38.6. The number of carbonyl (C=O) groups is 3. The highest BCUT2D eigenvalue weighted by Gasteiger charge is 2.32. The molecule has 1 heterocycles. The first-order valence-electron chi connectivity index (χ1n) is 4.56. The van der Waals surface area contributed by atoms with Gasteiger partial charge < -0.3 is 4.84 Å². The van der Waals surface area contributed by atoms with Gasteiger partial charge in [-0.3, -0.25) is 9.59 Å². The Balaban J connectivity index is 2.40. The van der Waals surface area contributed by atoms with Gasteiger partial charge in [0.05, 0.1) is 6.42 Å². The van der Waals surface area contributed by atoms with Crippen LogP contribution < -0.4 is 0 Å². The maximum Gasteiger partial charge on any atom is 0.333 e. The molecule has 0 aromatic rings. The van der Waals surface area contributed by atoms with Crippen LogP contribution in [0.15, 0.2) is 0 Å². The van der Waals surface area contributed by atoms with Gasteiger partial charge in [-0.05, 0) is 18.2 Å². The SMILES string of the molecule is CC(=S)CCC(=O)ON1C(=O)CCC1=O. The fourth-order valence-corrected chi connectivity index (χ4v) is 1.19. The number of carbonyl (C=O) groups excluding carboxylic acids is 3. The van der Waals surface area contributed by atoms with Crippen LogP contribution in [0.1, 0.15) is 32.6 Å². The van der Waals surface area contributed by atoms with Gasteiger partial charge >= 0.3 is 5.97 Å². The van der Waals surface area contributed by atoms with E-state index in [1.165, 1.54) is 0 Å². The standard InChI is InChI=1S/C9H11NO4S/c1-6(15)2-5-9(13)14-10-7(11)3-4-8(10)12/h2-5H2,1H3. The van der Waals surface area contributed by atoms with Gasteiger partial charge in [-0.1, -0.05) is 12.2 Å². The molecule has 0 saturated carbocycles. The molecule has 1 aliphatic heterocycles. The van der Waals surface area contributed by atoms with Gasteiger partial charge in [0.25, 0.3) is 11.8 Å². The lowest BCUT2D eigenvalue weighted by atomic mass is 10.2. The predicted molar refractivity (Wildman–Crippen MR) is 54.7 cm³/mol. The van der Waals surface area contributed by atoms with Crippen LogP contribution in [0, 0.1) is 0 Å². The van der Waals surface area contributed by atoms with Crippen molar-refractivity contribution < 1.29 is 19.2 Å². The summed E-state index contributed by atoms with van der Waals surface area (Å²) >= 11 is 4.79. The van der Waals surface area contributed by atoms with Gasteiger partial charge in [-0.2, -0.15) is 0 Å². The number of hydrogen-bond donors (Lipinski definition) is 0. The van der Waals surface area contributed by atoms with Crippen LogP contribution in [0.4, 0.5) is 0 Å². The van der Waals surface area contributed by atoms with E-state index in [0.717, 1.165) is 0 Å². The van der Waals surface area contributed by atoms with E-state index in [-0.39, 0.29) is 19.3 Å². The summed E-state index contributed by atoms with van der Waals surface area (Å²) in [6, 6.07) is 0. The molecule has 0 aromatic carbocycles. The molecule has 5 nitrogen and oxygen atoms in total.